The summed E-state index contributed by atoms with van der Waals surface area (Å²) < 4.78 is 5.56. The van der Waals surface area contributed by atoms with Gasteiger partial charge in [-0.15, -0.1) is 0 Å². The van der Waals surface area contributed by atoms with Crippen LogP contribution in [0, 0.1) is 0 Å². The molecule has 4 heteroatoms. The fourth-order valence-corrected chi connectivity index (χ4v) is 1.63. The molecule has 0 bridgehead atoms. The molecule has 1 aromatic carbocycles. The zero-order valence-electron chi connectivity index (χ0n) is 8.83. The maximum Gasteiger partial charge on any atom is 0.249 e. The third kappa shape index (κ3) is 1.69. The molecule has 0 fully saturated rings. The van der Waals surface area contributed by atoms with Crippen molar-refractivity contribution in [2.75, 3.05) is 0 Å². The Hall–Kier alpha value is -2.49. The van der Waals surface area contributed by atoms with Crippen molar-refractivity contribution >= 4 is 11.2 Å². The first-order valence-corrected chi connectivity index (χ1v) is 5.15. The molecule has 0 radical (unpaired) electrons. The lowest BCUT2D eigenvalue weighted by Gasteiger charge is -2.00. The molecule has 0 aliphatic rings. The quantitative estimate of drug-likeness (QED) is 0.636. The van der Waals surface area contributed by atoms with Crippen LogP contribution in [0.15, 0.2) is 58.0 Å². The maximum absolute atomic E-state index is 11.8. The minimum atomic E-state index is -0.182. The first kappa shape index (κ1) is 9.72. The Kier molecular flexibility index (Phi) is 2.19. The van der Waals surface area contributed by atoms with Crippen molar-refractivity contribution in [1.82, 2.24) is 9.97 Å². The molecule has 4 nitrogen and oxygen atoms in total. The second-order valence-corrected chi connectivity index (χ2v) is 3.55. The Balaban J connectivity index is 2.30. The smallest absolute Gasteiger partial charge is 0.249 e. The van der Waals surface area contributed by atoms with E-state index in [4.69, 9.17) is 4.42 Å². The second-order valence-electron chi connectivity index (χ2n) is 3.55. The third-order valence-electron chi connectivity index (χ3n) is 2.43. The molecule has 2 heterocycles. The number of hydrogen-bond acceptors (Lipinski definition) is 4. The Bertz CT molecular complexity index is 720. The van der Waals surface area contributed by atoms with Gasteiger partial charge >= 0.3 is 0 Å². The number of benzene rings is 1. The van der Waals surface area contributed by atoms with Crippen LogP contribution in [0.1, 0.15) is 0 Å². The van der Waals surface area contributed by atoms with Gasteiger partial charge in [0, 0.05) is 24.0 Å². The van der Waals surface area contributed by atoms with E-state index in [2.05, 4.69) is 9.97 Å². The molecule has 0 aliphatic heterocycles. The molecule has 0 atom stereocenters. The Morgan fingerprint density at radius 1 is 1.00 bits per heavy atom. The van der Waals surface area contributed by atoms with E-state index in [1.165, 1.54) is 18.5 Å². The van der Waals surface area contributed by atoms with E-state index in [1.807, 2.05) is 30.3 Å². The van der Waals surface area contributed by atoms with Crippen LogP contribution in [-0.2, 0) is 0 Å². The summed E-state index contributed by atoms with van der Waals surface area (Å²) in [5.41, 5.74) is 1.18. The Labute approximate surface area is 96.6 Å². The first-order valence-electron chi connectivity index (χ1n) is 5.15. The molecule has 3 rings (SSSR count). The van der Waals surface area contributed by atoms with Crippen LogP contribution >= 0.6 is 0 Å². The van der Waals surface area contributed by atoms with Gasteiger partial charge in [0.05, 0.1) is 0 Å². The zero-order valence-corrected chi connectivity index (χ0v) is 8.83. The molecule has 0 N–H and O–H groups in total. The average Bonchev–Trinajstić information content (AvgIpc) is 2.40. The van der Waals surface area contributed by atoms with Crippen molar-refractivity contribution in [3.63, 3.8) is 0 Å². The van der Waals surface area contributed by atoms with Crippen LogP contribution in [0.5, 0.6) is 0 Å². The van der Waals surface area contributed by atoms with Crippen molar-refractivity contribution in [3.05, 3.63) is 59.0 Å². The van der Waals surface area contributed by atoms with Gasteiger partial charge in [0.25, 0.3) is 0 Å². The highest BCUT2D eigenvalue weighted by atomic mass is 16.3. The first-order chi connectivity index (χ1) is 8.34. The highest BCUT2D eigenvalue weighted by molar-refractivity contribution is 5.70. The lowest BCUT2D eigenvalue weighted by molar-refractivity contribution is 0.603. The molecule has 0 aliphatic carbocycles. The summed E-state index contributed by atoms with van der Waals surface area (Å²) in [6.07, 6.45) is 2.97. The van der Waals surface area contributed by atoms with Crippen molar-refractivity contribution < 1.29 is 4.42 Å². The molecular weight excluding hydrogens is 216 g/mol. The van der Waals surface area contributed by atoms with E-state index in [0.29, 0.717) is 5.76 Å². The molecule has 82 valence electrons. The highest BCUT2D eigenvalue weighted by Gasteiger charge is 2.07. The fourth-order valence-electron chi connectivity index (χ4n) is 1.63. The molecular formula is C13H8N2O2. The van der Waals surface area contributed by atoms with Gasteiger partial charge in [-0.25, -0.2) is 9.97 Å². The highest BCUT2D eigenvalue weighted by Crippen LogP contribution is 2.19. The molecule has 3 aromatic rings. The van der Waals surface area contributed by atoms with E-state index < -0.39 is 0 Å². The molecule has 0 saturated carbocycles. The molecule has 0 spiro atoms. The van der Waals surface area contributed by atoms with Crippen LogP contribution in [0.2, 0.25) is 0 Å². The Morgan fingerprint density at radius 3 is 2.59 bits per heavy atom. The number of hydrogen-bond donors (Lipinski definition) is 0. The van der Waals surface area contributed by atoms with E-state index in [0.717, 1.165) is 5.56 Å². The standard InChI is InChI=1S/C13H8N2O2/c16-10-8-11(9-4-2-1-3-5-9)17-13-12(10)14-6-7-15-13/h1-8H. The largest absolute Gasteiger partial charge is 0.436 e. The molecule has 0 amide bonds. The third-order valence-corrected chi connectivity index (χ3v) is 2.43. The van der Waals surface area contributed by atoms with Crippen molar-refractivity contribution in [2.45, 2.75) is 0 Å². The van der Waals surface area contributed by atoms with Gasteiger partial charge in [0.15, 0.2) is 5.52 Å². The van der Waals surface area contributed by atoms with Crippen molar-refractivity contribution in [1.29, 1.82) is 0 Å². The number of fused-ring (bicyclic) bond motifs is 1. The number of rotatable bonds is 1. The predicted molar refractivity (Wildman–Crippen MR) is 63.5 cm³/mol. The minimum Gasteiger partial charge on any atom is -0.436 e. The minimum absolute atomic E-state index is 0.182. The SMILES string of the molecule is O=c1cc(-c2ccccc2)oc2nccnc12. The summed E-state index contributed by atoms with van der Waals surface area (Å²) in [6.45, 7) is 0. The zero-order chi connectivity index (χ0) is 11.7. The van der Waals surface area contributed by atoms with Gasteiger partial charge < -0.3 is 4.42 Å². The van der Waals surface area contributed by atoms with Crippen LogP contribution in [0.25, 0.3) is 22.6 Å². The van der Waals surface area contributed by atoms with Gasteiger partial charge in [0.2, 0.25) is 11.1 Å². The predicted octanol–water partition coefficient (Wildman–Crippen LogP) is 2.25. The van der Waals surface area contributed by atoms with E-state index in [1.54, 1.807) is 0 Å². The summed E-state index contributed by atoms with van der Waals surface area (Å²) in [4.78, 5) is 19.8. The van der Waals surface area contributed by atoms with Gasteiger partial charge in [-0.1, -0.05) is 30.3 Å². The molecule has 0 unspecified atom stereocenters. The summed E-state index contributed by atoms with van der Waals surface area (Å²) >= 11 is 0. The van der Waals surface area contributed by atoms with Crippen LogP contribution < -0.4 is 5.43 Å². The Morgan fingerprint density at radius 2 is 1.76 bits per heavy atom. The van der Waals surface area contributed by atoms with Gasteiger partial charge in [-0.3, -0.25) is 4.79 Å². The monoisotopic (exact) mass is 224 g/mol. The van der Waals surface area contributed by atoms with E-state index >= 15 is 0 Å². The van der Waals surface area contributed by atoms with Crippen LogP contribution in [0.3, 0.4) is 0 Å². The summed E-state index contributed by atoms with van der Waals surface area (Å²) in [5, 5.41) is 0. The summed E-state index contributed by atoms with van der Waals surface area (Å²) in [5.74, 6) is 0.503. The molecule has 2 aromatic heterocycles. The lowest BCUT2D eigenvalue weighted by Crippen LogP contribution is -2.03. The van der Waals surface area contributed by atoms with Crippen LogP contribution in [0.4, 0.5) is 0 Å². The maximum atomic E-state index is 11.8. The van der Waals surface area contributed by atoms with Gasteiger partial charge in [-0.05, 0) is 0 Å². The van der Waals surface area contributed by atoms with Crippen molar-refractivity contribution in [3.8, 4) is 11.3 Å². The topological polar surface area (TPSA) is 56.0 Å². The fraction of sp³-hybridized carbons (Fsp3) is 0. The lowest BCUT2D eigenvalue weighted by atomic mass is 10.1. The van der Waals surface area contributed by atoms with Crippen molar-refractivity contribution in [2.24, 2.45) is 0 Å². The molecule has 0 saturated heterocycles. The number of nitrogens with zero attached hydrogens (tertiary/aromatic N) is 2. The number of aromatic nitrogens is 2. The molecule has 17 heavy (non-hydrogen) atoms. The normalized spacial score (nSPS) is 10.6. The van der Waals surface area contributed by atoms with E-state index in [-0.39, 0.29) is 16.7 Å². The average molecular weight is 224 g/mol. The second kappa shape index (κ2) is 3.83. The van der Waals surface area contributed by atoms with Gasteiger partial charge in [0.1, 0.15) is 5.76 Å². The van der Waals surface area contributed by atoms with E-state index in [9.17, 15) is 4.79 Å². The summed E-state index contributed by atoms with van der Waals surface area (Å²) in [7, 11) is 0. The van der Waals surface area contributed by atoms with Gasteiger partial charge in [-0.2, -0.15) is 0 Å². The summed E-state index contributed by atoms with van der Waals surface area (Å²) in [6, 6.07) is 10.9. The van der Waals surface area contributed by atoms with Crippen LogP contribution in [-0.4, -0.2) is 9.97 Å².